The molecule has 38 heavy (non-hydrogen) atoms. The molecule has 1 aromatic heterocycles. The van der Waals surface area contributed by atoms with Gasteiger partial charge in [0.1, 0.15) is 5.82 Å². The molecular formula is C25H20FN7O5. The van der Waals surface area contributed by atoms with Crippen molar-refractivity contribution >= 4 is 40.9 Å². The van der Waals surface area contributed by atoms with Gasteiger partial charge < -0.3 is 9.80 Å². The maximum Gasteiger partial charge on any atom is 0.335 e. The number of amides is 4. The Morgan fingerprint density at radius 3 is 2.50 bits per heavy atom. The van der Waals surface area contributed by atoms with Crippen molar-refractivity contribution in [1.29, 1.82) is 0 Å². The lowest BCUT2D eigenvalue weighted by Gasteiger charge is -2.55. The molecular weight excluding hydrogens is 497 g/mol. The van der Waals surface area contributed by atoms with Gasteiger partial charge in [-0.2, -0.15) is 0 Å². The van der Waals surface area contributed by atoms with Gasteiger partial charge >= 0.3 is 6.03 Å². The Morgan fingerprint density at radius 1 is 1.05 bits per heavy atom. The summed E-state index contributed by atoms with van der Waals surface area (Å²) >= 11 is 0. The van der Waals surface area contributed by atoms with E-state index in [-0.39, 0.29) is 24.3 Å². The number of nitrogens with zero attached hydrogens (tertiary/aromatic N) is 6. The molecule has 192 valence electrons. The predicted molar refractivity (Wildman–Crippen MR) is 132 cm³/mol. The van der Waals surface area contributed by atoms with E-state index in [1.54, 1.807) is 24.5 Å². The van der Waals surface area contributed by atoms with E-state index in [9.17, 15) is 28.9 Å². The number of anilines is 3. The van der Waals surface area contributed by atoms with E-state index in [4.69, 9.17) is 0 Å². The van der Waals surface area contributed by atoms with Gasteiger partial charge in [-0.1, -0.05) is 0 Å². The minimum absolute atomic E-state index is 0.0937. The summed E-state index contributed by atoms with van der Waals surface area (Å²) in [5.74, 6) is -1.72. The van der Waals surface area contributed by atoms with E-state index in [1.165, 1.54) is 24.3 Å². The second kappa shape index (κ2) is 8.57. The van der Waals surface area contributed by atoms with Gasteiger partial charge in [-0.05, 0) is 42.0 Å². The fourth-order valence-corrected chi connectivity index (χ4v) is 5.58. The maximum atomic E-state index is 14.3. The number of nitrogens with one attached hydrogen (secondary N) is 1. The van der Waals surface area contributed by atoms with Crippen LogP contribution in [0.4, 0.5) is 32.2 Å². The summed E-state index contributed by atoms with van der Waals surface area (Å²) in [6.45, 7) is 0.995. The van der Waals surface area contributed by atoms with Gasteiger partial charge in [0, 0.05) is 56.3 Å². The first-order valence-electron chi connectivity index (χ1n) is 11.8. The van der Waals surface area contributed by atoms with Crippen LogP contribution in [0.5, 0.6) is 0 Å². The molecule has 0 radical (unpaired) electrons. The Hall–Kier alpha value is -4.94. The summed E-state index contributed by atoms with van der Waals surface area (Å²) in [5, 5.41) is 13.8. The molecule has 2 unspecified atom stereocenters. The van der Waals surface area contributed by atoms with Crippen molar-refractivity contribution in [2.24, 2.45) is 5.41 Å². The fourth-order valence-electron chi connectivity index (χ4n) is 5.58. The molecule has 1 N–H and O–H groups in total. The first kappa shape index (κ1) is 23.5. The third kappa shape index (κ3) is 3.46. The Balaban J connectivity index is 1.50. The topological polar surface area (TPSA) is 142 Å². The molecule has 3 aliphatic rings. The van der Waals surface area contributed by atoms with Crippen LogP contribution in [-0.4, -0.2) is 58.4 Å². The van der Waals surface area contributed by atoms with E-state index < -0.39 is 40.0 Å². The maximum absolute atomic E-state index is 14.3. The zero-order chi connectivity index (χ0) is 26.6. The lowest BCUT2D eigenvalue weighted by Crippen LogP contribution is -2.75. The van der Waals surface area contributed by atoms with Crippen LogP contribution in [0.15, 0.2) is 60.9 Å². The highest BCUT2D eigenvalue weighted by Gasteiger charge is 2.63. The molecule has 13 heteroatoms. The number of imide groups is 2. The number of hydrogen-bond acceptors (Lipinski definition) is 9. The molecule has 12 nitrogen and oxygen atoms in total. The zero-order valence-corrected chi connectivity index (χ0v) is 19.8. The summed E-state index contributed by atoms with van der Waals surface area (Å²) in [5.41, 5.74) is -0.791. The molecule has 1 spiro atoms. The molecule has 4 heterocycles. The quantitative estimate of drug-likeness (QED) is 0.314. The number of benzene rings is 2. The summed E-state index contributed by atoms with van der Waals surface area (Å²) in [4.78, 5) is 65.0. The summed E-state index contributed by atoms with van der Waals surface area (Å²) in [6, 6.07) is 9.11. The van der Waals surface area contributed by atoms with Crippen LogP contribution in [0.1, 0.15) is 5.56 Å². The molecule has 3 aromatic rings. The summed E-state index contributed by atoms with van der Waals surface area (Å²) in [6.07, 6.45) is 3.00. The number of hydrogen-bond donors (Lipinski definition) is 1. The summed E-state index contributed by atoms with van der Waals surface area (Å²) < 4.78 is 13.6. The van der Waals surface area contributed by atoms with Gasteiger partial charge in [-0.25, -0.2) is 24.1 Å². The highest BCUT2D eigenvalue weighted by atomic mass is 19.1. The zero-order valence-electron chi connectivity index (χ0n) is 19.8. The number of rotatable bonds is 3. The Kier molecular flexibility index (Phi) is 5.29. The van der Waals surface area contributed by atoms with Crippen LogP contribution in [-0.2, 0) is 16.0 Å². The number of non-ortho nitro benzene ring substituents is 1. The van der Waals surface area contributed by atoms with Crippen LogP contribution in [0.2, 0.25) is 0 Å². The van der Waals surface area contributed by atoms with Gasteiger partial charge in [0.15, 0.2) is 5.41 Å². The number of fused-ring (bicyclic) bond motifs is 4. The second-order valence-electron chi connectivity index (χ2n) is 9.30. The van der Waals surface area contributed by atoms with Crippen molar-refractivity contribution in [3.8, 4) is 0 Å². The lowest BCUT2D eigenvalue weighted by molar-refractivity contribution is -0.384. The van der Waals surface area contributed by atoms with Gasteiger partial charge in [-0.3, -0.25) is 25.0 Å². The molecule has 2 fully saturated rings. The molecule has 2 atom stereocenters. The smallest absolute Gasteiger partial charge is 0.335 e. The van der Waals surface area contributed by atoms with Gasteiger partial charge in [0.2, 0.25) is 11.9 Å². The first-order valence-corrected chi connectivity index (χ1v) is 11.8. The molecule has 6 rings (SSSR count). The molecule has 4 amide bonds. The van der Waals surface area contributed by atoms with E-state index in [2.05, 4.69) is 15.3 Å². The van der Waals surface area contributed by atoms with Gasteiger partial charge in [0.05, 0.1) is 16.7 Å². The van der Waals surface area contributed by atoms with E-state index in [0.717, 1.165) is 17.0 Å². The molecule has 0 saturated carbocycles. The minimum Gasteiger partial charge on any atom is -0.363 e. The van der Waals surface area contributed by atoms with Crippen LogP contribution in [0, 0.1) is 21.3 Å². The van der Waals surface area contributed by atoms with Crippen LogP contribution in [0.3, 0.4) is 0 Å². The second-order valence-corrected chi connectivity index (χ2v) is 9.30. The van der Waals surface area contributed by atoms with E-state index in [0.29, 0.717) is 30.3 Å². The number of piperazine rings is 1. The number of aromatic nitrogens is 2. The standard InChI is InChI=1S/C25H20FN7O5/c26-16-2-4-17(5-3-16)32-22(35)25(21(34)29-24(32)36)13-15-12-18(33(37)38)6-7-19(15)31-11-10-30(14-20(25)31)23-27-8-1-9-28-23/h1-9,12,20H,10-11,13-14H2,(H,29,34,36). The van der Waals surface area contributed by atoms with Crippen molar-refractivity contribution < 1.29 is 23.7 Å². The number of halogens is 1. The number of barbiturate groups is 1. The first-order chi connectivity index (χ1) is 18.3. The van der Waals surface area contributed by atoms with Crippen LogP contribution >= 0.6 is 0 Å². The molecule has 2 aromatic carbocycles. The van der Waals surface area contributed by atoms with Crippen LogP contribution < -0.4 is 20.0 Å². The molecule has 0 aliphatic carbocycles. The Bertz CT molecular complexity index is 1490. The van der Waals surface area contributed by atoms with Crippen molar-refractivity contribution in [3.05, 3.63) is 82.4 Å². The third-order valence-electron chi connectivity index (χ3n) is 7.34. The Labute approximate surface area is 214 Å². The highest BCUT2D eigenvalue weighted by molar-refractivity contribution is 6.30. The van der Waals surface area contributed by atoms with Gasteiger partial charge in [-0.15, -0.1) is 0 Å². The molecule has 2 saturated heterocycles. The number of carbonyl (C=O) groups excluding carboxylic acids is 3. The van der Waals surface area contributed by atoms with E-state index in [1.807, 2.05) is 9.80 Å². The SMILES string of the molecule is O=C1NC(=O)C2(Cc3cc([N+](=O)[O-])ccc3N3CCN(c4ncccn4)CC32)C(=O)N1c1ccc(F)cc1. The minimum atomic E-state index is -1.82. The van der Waals surface area contributed by atoms with Gasteiger partial charge in [0.25, 0.3) is 11.6 Å². The highest BCUT2D eigenvalue weighted by Crippen LogP contribution is 2.47. The number of nitro groups is 1. The Morgan fingerprint density at radius 2 is 1.79 bits per heavy atom. The largest absolute Gasteiger partial charge is 0.363 e. The third-order valence-corrected chi connectivity index (χ3v) is 7.34. The van der Waals surface area contributed by atoms with Crippen LogP contribution in [0.25, 0.3) is 0 Å². The van der Waals surface area contributed by atoms with Crippen molar-refractivity contribution in [3.63, 3.8) is 0 Å². The normalized spacial score (nSPS) is 22.7. The lowest BCUT2D eigenvalue weighted by atomic mass is 9.67. The number of nitro benzene ring substituents is 1. The van der Waals surface area contributed by atoms with Crippen molar-refractivity contribution in [1.82, 2.24) is 15.3 Å². The number of urea groups is 1. The predicted octanol–water partition coefficient (Wildman–Crippen LogP) is 2.04. The average Bonchev–Trinajstić information content (AvgIpc) is 2.92. The monoisotopic (exact) mass is 517 g/mol. The van der Waals surface area contributed by atoms with E-state index >= 15 is 0 Å². The summed E-state index contributed by atoms with van der Waals surface area (Å²) in [7, 11) is 0. The van der Waals surface area contributed by atoms with Crippen molar-refractivity contribution in [2.75, 3.05) is 34.3 Å². The number of carbonyl (C=O) groups is 3. The average molecular weight is 517 g/mol. The van der Waals surface area contributed by atoms with Crippen molar-refractivity contribution in [2.45, 2.75) is 12.5 Å². The fraction of sp³-hybridized carbons (Fsp3) is 0.240. The molecule has 0 bridgehead atoms. The molecule has 3 aliphatic heterocycles.